The van der Waals surface area contributed by atoms with Gasteiger partial charge in [0, 0.05) is 29.7 Å². The van der Waals surface area contributed by atoms with Gasteiger partial charge in [-0.1, -0.05) is 6.07 Å². The summed E-state index contributed by atoms with van der Waals surface area (Å²) in [7, 11) is 4.62. The Labute approximate surface area is 181 Å². The second kappa shape index (κ2) is 7.98. The summed E-state index contributed by atoms with van der Waals surface area (Å²) in [6.45, 7) is 4.01. The van der Waals surface area contributed by atoms with E-state index >= 15 is 0 Å². The van der Waals surface area contributed by atoms with Crippen molar-refractivity contribution in [3.8, 4) is 17.2 Å². The first-order valence-corrected chi connectivity index (χ1v) is 9.99. The minimum Gasteiger partial charge on any atom is -0.496 e. The third-order valence-electron chi connectivity index (χ3n) is 5.69. The number of rotatable bonds is 5. The van der Waals surface area contributed by atoms with Gasteiger partial charge >= 0.3 is 5.97 Å². The Morgan fingerprint density at radius 2 is 1.48 bits per heavy atom. The zero-order valence-electron chi connectivity index (χ0n) is 18.3. The van der Waals surface area contributed by atoms with E-state index in [0.717, 1.165) is 16.8 Å². The average molecular weight is 423 g/mol. The van der Waals surface area contributed by atoms with Crippen LogP contribution in [0.2, 0.25) is 0 Å². The number of aryl methyl sites for hydroxylation is 2. The maximum Gasteiger partial charge on any atom is 0.336 e. The number of benzene rings is 2. The number of anilines is 1. The van der Waals surface area contributed by atoms with Crippen molar-refractivity contribution < 1.29 is 28.5 Å². The number of methoxy groups -OCH3 is 3. The Morgan fingerprint density at radius 3 is 2.10 bits per heavy atom. The molecule has 2 heterocycles. The quantitative estimate of drug-likeness (QED) is 0.684. The number of cyclic esters (lactones) is 1. The summed E-state index contributed by atoms with van der Waals surface area (Å²) in [5.74, 6) is 0.486. The van der Waals surface area contributed by atoms with Crippen molar-refractivity contribution in [2.45, 2.75) is 26.2 Å². The summed E-state index contributed by atoms with van der Waals surface area (Å²) in [5.41, 5.74) is 4.56. The van der Waals surface area contributed by atoms with Crippen molar-refractivity contribution in [3.05, 3.63) is 58.3 Å². The zero-order chi connectivity index (χ0) is 22.3. The molecule has 0 saturated heterocycles. The minimum absolute atomic E-state index is 0.0546. The maximum atomic E-state index is 13.4. The fourth-order valence-electron chi connectivity index (χ4n) is 4.42. The molecule has 0 fully saturated rings. The molecule has 0 saturated carbocycles. The standard InChI is InChI=1S/C24H25NO6/c1-13-6-14(2)8-15(7-13)25-18-12-31-24(27)23(18)17(10-22(25)26)16-9-20(29-4)21(30-5)11-19(16)28-3/h6-9,11,17H,10,12H2,1-5H3/t17-/m0/s1. The van der Waals surface area contributed by atoms with Gasteiger partial charge in [-0.15, -0.1) is 0 Å². The van der Waals surface area contributed by atoms with Crippen LogP contribution < -0.4 is 19.1 Å². The van der Waals surface area contributed by atoms with Crippen molar-refractivity contribution in [2.75, 3.05) is 32.8 Å². The Balaban J connectivity index is 1.88. The van der Waals surface area contributed by atoms with E-state index in [-0.39, 0.29) is 18.9 Å². The average Bonchev–Trinajstić information content (AvgIpc) is 3.12. The van der Waals surface area contributed by atoms with E-state index in [1.165, 1.54) is 14.2 Å². The van der Waals surface area contributed by atoms with Crippen LogP contribution in [-0.2, 0) is 14.3 Å². The van der Waals surface area contributed by atoms with Gasteiger partial charge in [-0.05, 0) is 43.2 Å². The van der Waals surface area contributed by atoms with Crippen molar-refractivity contribution >= 4 is 17.6 Å². The van der Waals surface area contributed by atoms with E-state index in [9.17, 15) is 9.59 Å². The van der Waals surface area contributed by atoms with Gasteiger partial charge in [0.2, 0.25) is 5.91 Å². The fourth-order valence-corrected chi connectivity index (χ4v) is 4.42. The number of hydrogen-bond donors (Lipinski definition) is 0. The smallest absolute Gasteiger partial charge is 0.336 e. The minimum atomic E-state index is -0.505. The molecular formula is C24H25NO6. The van der Waals surface area contributed by atoms with E-state index in [4.69, 9.17) is 18.9 Å². The molecular weight excluding hydrogens is 398 g/mol. The molecule has 2 aliphatic heterocycles. The van der Waals surface area contributed by atoms with Gasteiger partial charge < -0.3 is 18.9 Å². The number of hydrogen-bond acceptors (Lipinski definition) is 6. The molecule has 0 N–H and O–H groups in total. The molecule has 2 aromatic carbocycles. The van der Waals surface area contributed by atoms with Crippen LogP contribution in [0.5, 0.6) is 17.2 Å². The van der Waals surface area contributed by atoms with Crippen LogP contribution in [0.15, 0.2) is 41.6 Å². The van der Waals surface area contributed by atoms with Gasteiger partial charge in [-0.25, -0.2) is 4.79 Å². The molecule has 7 nitrogen and oxygen atoms in total. The van der Waals surface area contributed by atoms with E-state index in [2.05, 4.69) is 0 Å². The molecule has 1 amide bonds. The Bertz CT molecular complexity index is 1080. The van der Waals surface area contributed by atoms with Crippen molar-refractivity contribution in [2.24, 2.45) is 0 Å². The summed E-state index contributed by atoms with van der Waals surface area (Å²) in [6.07, 6.45) is 0.104. The van der Waals surface area contributed by atoms with Gasteiger partial charge in [0.25, 0.3) is 0 Å². The first kappa shape index (κ1) is 20.8. The van der Waals surface area contributed by atoms with Crippen LogP contribution in [-0.4, -0.2) is 39.8 Å². The van der Waals surface area contributed by atoms with E-state index in [0.29, 0.717) is 34.1 Å². The SMILES string of the molecule is COc1cc(OC)c([C@@H]2CC(=O)N(c3cc(C)cc(C)c3)C3=C2C(=O)OC3)cc1OC. The number of esters is 1. The second-order valence-electron chi connectivity index (χ2n) is 7.72. The van der Waals surface area contributed by atoms with Crippen molar-refractivity contribution in [1.82, 2.24) is 0 Å². The highest BCUT2D eigenvalue weighted by Gasteiger charge is 2.44. The van der Waals surface area contributed by atoms with Gasteiger partial charge in [0.05, 0.1) is 32.6 Å². The van der Waals surface area contributed by atoms with Gasteiger partial charge in [-0.3, -0.25) is 9.69 Å². The molecule has 31 heavy (non-hydrogen) atoms. The summed E-state index contributed by atoms with van der Waals surface area (Å²) in [5, 5.41) is 0. The lowest BCUT2D eigenvalue weighted by Crippen LogP contribution is -2.37. The van der Waals surface area contributed by atoms with Crippen LogP contribution in [0.3, 0.4) is 0 Å². The van der Waals surface area contributed by atoms with Gasteiger partial charge in [0.1, 0.15) is 12.4 Å². The van der Waals surface area contributed by atoms with Crippen LogP contribution in [0.1, 0.15) is 29.0 Å². The van der Waals surface area contributed by atoms with E-state index < -0.39 is 11.9 Å². The van der Waals surface area contributed by atoms with Crippen LogP contribution in [0, 0.1) is 13.8 Å². The van der Waals surface area contributed by atoms with Crippen molar-refractivity contribution in [3.63, 3.8) is 0 Å². The highest BCUT2D eigenvalue weighted by atomic mass is 16.5. The predicted molar refractivity (Wildman–Crippen MR) is 115 cm³/mol. The molecule has 4 rings (SSSR count). The van der Waals surface area contributed by atoms with Crippen LogP contribution in [0.4, 0.5) is 5.69 Å². The van der Waals surface area contributed by atoms with E-state index in [1.807, 2.05) is 32.0 Å². The number of ether oxygens (including phenoxy) is 4. The molecule has 0 radical (unpaired) electrons. The molecule has 162 valence electrons. The Morgan fingerprint density at radius 1 is 0.871 bits per heavy atom. The number of nitrogens with zero attached hydrogens (tertiary/aromatic N) is 1. The third kappa shape index (κ3) is 3.50. The van der Waals surface area contributed by atoms with Crippen LogP contribution in [0.25, 0.3) is 0 Å². The second-order valence-corrected chi connectivity index (χ2v) is 7.72. The largest absolute Gasteiger partial charge is 0.496 e. The summed E-state index contributed by atoms with van der Waals surface area (Å²) < 4.78 is 21.8. The molecule has 2 aliphatic rings. The maximum absolute atomic E-state index is 13.4. The first-order valence-electron chi connectivity index (χ1n) is 9.99. The zero-order valence-corrected chi connectivity index (χ0v) is 18.3. The Kier molecular flexibility index (Phi) is 5.35. The lowest BCUT2D eigenvalue weighted by molar-refractivity contribution is -0.136. The topological polar surface area (TPSA) is 74.3 Å². The van der Waals surface area contributed by atoms with Crippen molar-refractivity contribution in [1.29, 1.82) is 0 Å². The third-order valence-corrected chi connectivity index (χ3v) is 5.69. The molecule has 0 aliphatic carbocycles. The first-order chi connectivity index (χ1) is 14.9. The summed E-state index contributed by atoms with van der Waals surface area (Å²) in [6, 6.07) is 9.39. The fraction of sp³-hybridized carbons (Fsp3) is 0.333. The van der Waals surface area contributed by atoms with Gasteiger partial charge in [-0.2, -0.15) is 0 Å². The summed E-state index contributed by atoms with van der Waals surface area (Å²) in [4.78, 5) is 27.7. The normalized spacial score (nSPS) is 18.1. The molecule has 0 bridgehead atoms. The number of carbonyl (C=O) groups excluding carboxylic acids is 2. The number of amides is 1. The molecule has 0 spiro atoms. The summed E-state index contributed by atoms with van der Waals surface area (Å²) >= 11 is 0. The molecule has 0 aromatic heterocycles. The molecule has 0 unspecified atom stereocenters. The molecule has 7 heteroatoms. The molecule has 1 atom stereocenters. The Hall–Kier alpha value is -3.48. The monoisotopic (exact) mass is 423 g/mol. The van der Waals surface area contributed by atoms with E-state index in [1.54, 1.807) is 24.1 Å². The lowest BCUT2D eigenvalue weighted by Gasteiger charge is -2.33. The predicted octanol–water partition coefficient (Wildman–Crippen LogP) is 3.66. The van der Waals surface area contributed by atoms with Crippen LogP contribution >= 0.6 is 0 Å². The van der Waals surface area contributed by atoms with Gasteiger partial charge in [0.15, 0.2) is 11.5 Å². The number of carbonyl (C=O) groups is 2. The highest BCUT2D eigenvalue weighted by molar-refractivity contribution is 6.06. The lowest BCUT2D eigenvalue weighted by atomic mass is 9.83. The molecule has 2 aromatic rings. The highest BCUT2D eigenvalue weighted by Crippen LogP contribution is 2.47.